The first-order valence-corrected chi connectivity index (χ1v) is 8.34. The number of rotatable bonds is 4. The fraction of sp³-hybridized carbons (Fsp3) is 0.250. The van der Waals surface area contributed by atoms with Gasteiger partial charge < -0.3 is 9.88 Å². The molecule has 3 rings (SSSR count). The summed E-state index contributed by atoms with van der Waals surface area (Å²) >= 11 is 0. The lowest BCUT2D eigenvalue weighted by atomic mass is 10.1. The molecule has 3 aromatic rings. The number of benzene rings is 2. The summed E-state index contributed by atoms with van der Waals surface area (Å²) in [5.74, 6) is -0.156. The van der Waals surface area contributed by atoms with Gasteiger partial charge in [-0.25, -0.2) is 4.98 Å². The number of nitrogens with zero attached hydrogens (tertiary/aromatic N) is 2. The van der Waals surface area contributed by atoms with Crippen LogP contribution in [0.3, 0.4) is 0 Å². The summed E-state index contributed by atoms with van der Waals surface area (Å²) in [6, 6.07) is 13.3. The van der Waals surface area contributed by atoms with Crippen LogP contribution in [-0.2, 0) is 13.1 Å². The lowest BCUT2D eigenvalue weighted by Gasteiger charge is -2.10. The monoisotopic (exact) mass is 335 g/mol. The van der Waals surface area contributed by atoms with Gasteiger partial charge in [-0.1, -0.05) is 29.8 Å². The minimum Gasteiger partial charge on any atom is -0.348 e. The van der Waals surface area contributed by atoms with Crippen LogP contribution in [0, 0.1) is 13.8 Å². The molecule has 0 spiro atoms. The van der Waals surface area contributed by atoms with Crippen molar-refractivity contribution in [3.8, 4) is 0 Å². The smallest absolute Gasteiger partial charge is 0.272 e. The van der Waals surface area contributed by atoms with Crippen molar-refractivity contribution in [1.29, 1.82) is 0 Å². The van der Waals surface area contributed by atoms with E-state index in [2.05, 4.69) is 10.3 Å². The Hall–Kier alpha value is -2.95. The summed E-state index contributed by atoms with van der Waals surface area (Å²) in [4.78, 5) is 28.9. The lowest BCUT2D eigenvalue weighted by molar-refractivity contribution is 0.0951. The SMILES string of the molecule is CCn1c(=O)c(C)nc2cc(C(=O)NCc3ccc(C)cc3)ccc21. The van der Waals surface area contributed by atoms with Crippen LogP contribution in [-0.4, -0.2) is 15.5 Å². The summed E-state index contributed by atoms with van der Waals surface area (Å²) in [5, 5.41) is 2.92. The van der Waals surface area contributed by atoms with E-state index < -0.39 is 0 Å². The number of aryl methyl sites for hydroxylation is 3. The molecule has 1 aromatic heterocycles. The van der Waals surface area contributed by atoms with E-state index in [0.717, 1.165) is 11.1 Å². The van der Waals surface area contributed by atoms with Crippen LogP contribution in [0.15, 0.2) is 47.3 Å². The number of hydrogen-bond acceptors (Lipinski definition) is 3. The van der Waals surface area contributed by atoms with Crippen LogP contribution in [0.4, 0.5) is 0 Å². The van der Waals surface area contributed by atoms with E-state index in [1.165, 1.54) is 5.56 Å². The third-order valence-corrected chi connectivity index (χ3v) is 4.26. The zero-order valence-electron chi connectivity index (χ0n) is 14.7. The van der Waals surface area contributed by atoms with Crippen LogP contribution in [0.5, 0.6) is 0 Å². The summed E-state index contributed by atoms with van der Waals surface area (Å²) in [6.07, 6.45) is 0. The predicted octanol–water partition coefficient (Wildman–Crippen LogP) is 2.96. The van der Waals surface area contributed by atoms with Gasteiger partial charge in [0, 0.05) is 18.7 Å². The quantitative estimate of drug-likeness (QED) is 0.797. The van der Waals surface area contributed by atoms with E-state index in [1.54, 1.807) is 29.7 Å². The van der Waals surface area contributed by atoms with E-state index >= 15 is 0 Å². The maximum atomic E-state index is 12.4. The van der Waals surface area contributed by atoms with Crippen LogP contribution >= 0.6 is 0 Å². The van der Waals surface area contributed by atoms with Crippen LogP contribution in [0.2, 0.25) is 0 Å². The Labute approximate surface area is 146 Å². The van der Waals surface area contributed by atoms with Crippen molar-refractivity contribution in [2.45, 2.75) is 33.9 Å². The summed E-state index contributed by atoms with van der Waals surface area (Å²) in [6.45, 7) is 6.68. The van der Waals surface area contributed by atoms with E-state index in [9.17, 15) is 9.59 Å². The molecule has 5 nitrogen and oxygen atoms in total. The molecular formula is C20H21N3O2. The second-order valence-electron chi connectivity index (χ2n) is 6.12. The highest BCUT2D eigenvalue weighted by atomic mass is 16.1. The normalized spacial score (nSPS) is 10.8. The Morgan fingerprint density at radius 3 is 2.52 bits per heavy atom. The number of hydrogen-bond donors (Lipinski definition) is 1. The van der Waals surface area contributed by atoms with Gasteiger partial charge in [0.15, 0.2) is 0 Å². The zero-order valence-corrected chi connectivity index (χ0v) is 14.7. The molecule has 0 unspecified atom stereocenters. The second kappa shape index (κ2) is 6.89. The Morgan fingerprint density at radius 2 is 1.84 bits per heavy atom. The molecule has 25 heavy (non-hydrogen) atoms. The molecule has 0 aliphatic rings. The van der Waals surface area contributed by atoms with Gasteiger partial charge in [0.2, 0.25) is 0 Å². The van der Waals surface area contributed by atoms with Crippen molar-refractivity contribution in [3.63, 3.8) is 0 Å². The fourth-order valence-electron chi connectivity index (χ4n) is 2.82. The van der Waals surface area contributed by atoms with E-state index in [1.807, 2.05) is 38.1 Å². The molecule has 2 aromatic carbocycles. The number of aromatic nitrogens is 2. The lowest BCUT2D eigenvalue weighted by Crippen LogP contribution is -2.25. The number of fused-ring (bicyclic) bond motifs is 1. The van der Waals surface area contributed by atoms with Crippen LogP contribution < -0.4 is 10.9 Å². The molecule has 0 aliphatic carbocycles. The van der Waals surface area contributed by atoms with Gasteiger partial charge >= 0.3 is 0 Å². The van der Waals surface area contributed by atoms with Crippen molar-refractivity contribution in [2.75, 3.05) is 0 Å². The van der Waals surface area contributed by atoms with E-state index in [0.29, 0.717) is 29.9 Å². The fourth-order valence-corrected chi connectivity index (χ4v) is 2.82. The van der Waals surface area contributed by atoms with Crippen molar-refractivity contribution in [2.24, 2.45) is 0 Å². The highest BCUT2D eigenvalue weighted by Gasteiger charge is 2.11. The Morgan fingerprint density at radius 1 is 1.12 bits per heavy atom. The minimum atomic E-state index is -0.156. The molecule has 0 saturated carbocycles. The molecule has 5 heteroatoms. The van der Waals surface area contributed by atoms with Crippen molar-refractivity contribution >= 4 is 16.9 Å². The molecule has 1 amide bonds. The highest BCUT2D eigenvalue weighted by molar-refractivity contribution is 5.97. The van der Waals surface area contributed by atoms with Gasteiger partial charge in [0.05, 0.1) is 11.0 Å². The van der Waals surface area contributed by atoms with E-state index in [4.69, 9.17) is 0 Å². The first-order chi connectivity index (χ1) is 12.0. The van der Waals surface area contributed by atoms with E-state index in [-0.39, 0.29) is 11.5 Å². The van der Waals surface area contributed by atoms with Gasteiger partial charge in [-0.15, -0.1) is 0 Å². The number of nitrogens with one attached hydrogen (secondary N) is 1. The van der Waals surface area contributed by atoms with Gasteiger partial charge in [-0.2, -0.15) is 0 Å². The van der Waals surface area contributed by atoms with Crippen molar-refractivity contribution < 1.29 is 4.79 Å². The second-order valence-corrected chi connectivity index (χ2v) is 6.12. The Kier molecular flexibility index (Phi) is 4.65. The van der Waals surface area contributed by atoms with Gasteiger partial charge in [-0.3, -0.25) is 9.59 Å². The largest absolute Gasteiger partial charge is 0.348 e. The molecule has 128 valence electrons. The van der Waals surface area contributed by atoms with Crippen molar-refractivity contribution in [3.05, 3.63) is 75.2 Å². The average Bonchev–Trinajstić information content (AvgIpc) is 2.61. The summed E-state index contributed by atoms with van der Waals surface area (Å²) in [5.41, 5.74) is 4.52. The first-order valence-electron chi connectivity index (χ1n) is 8.34. The molecule has 0 aliphatic heterocycles. The molecular weight excluding hydrogens is 314 g/mol. The standard InChI is InChI=1S/C20H21N3O2/c1-4-23-18-10-9-16(11-17(18)22-14(3)20(23)25)19(24)21-12-15-7-5-13(2)6-8-15/h5-11H,4,12H2,1-3H3,(H,21,24). The Bertz CT molecular complexity index is 988. The summed E-state index contributed by atoms with van der Waals surface area (Å²) in [7, 11) is 0. The third kappa shape index (κ3) is 3.45. The number of amides is 1. The third-order valence-electron chi connectivity index (χ3n) is 4.26. The maximum Gasteiger partial charge on any atom is 0.272 e. The van der Waals surface area contributed by atoms with Gasteiger partial charge in [-0.05, 0) is 44.5 Å². The number of carbonyl (C=O) groups is 1. The van der Waals surface area contributed by atoms with Crippen LogP contribution in [0.25, 0.3) is 11.0 Å². The van der Waals surface area contributed by atoms with Crippen LogP contribution in [0.1, 0.15) is 34.1 Å². The molecule has 0 fully saturated rings. The van der Waals surface area contributed by atoms with Gasteiger partial charge in [0.25, 0.3) is 11.5 Å². The summed E-state index contributed by atoms with van der Waals surface area (Å²) < 4.78 is 1.67. The molecule has 0 atom stereocenters. The van der Waals surface area contributed by atoms with Gasteiger partial charge in [0.1, 0.15) is 5.69 Å². The first kappa shape index (κ1) is 16.9. The molecule has 1 N–H and O–H groups in total. The highest BCUT2D eigenvalue weighted by Crippen LogP contribution is 2.14. The zero-order chi connectivity index (χ0) is 18.0. The Balaban J connectivity index is 1.85. The average molecular weight is 335 g/mol. The van der Waals surface area contributed by atoms with Crippen molar-refractivity contribution in [1.82, 2.24) is 14.9 Å². The minimum absolute atomic E-state index is 0.0911. The predicted molar refractivity (Wildman–Crippen MR) is 98.8 cm³/mol. The molecule has 0 radical (unpaired) electrons. The molecule has 0 saturated heterocycles. The number of carbonyl (C=O) groups excluding carboxylic acids is 1. The maximum absolute atomic E-state index is 12.4. The topological polar surface area (TPSA) is 64.0 Å². The molecule has 0 bridgehead atoms. The molecule has 1 heterocycles.